The summed E-state index contributed by atoms with van der Waals surface area (Å²) in [4.78, 5) is 6.48. The fourth-order valence-corrected chi connectivity index (χ4v) is 2.84. The first-order valence-corrected chi connectivity index (χ1v) is 8.63. The summed E-state index contributed by atoms with van der Waals surface area (Å²) in [6.07, 6.45) is -3.29. The van der Waals surface area contributed by atoms with Crippen LogP contribution in [0.3, 0.4) is 0 Å². The third kappa shape index (κ3) is 6.23. The van der Waals surface area contributed by atoms with E-state index >= 15 is 0 Å². The second kappa shape index (κ2) is 8.56. The number of rotatable bonds is 5. The van der Waals surface area contributed by atoms with E-state index in [2.05, 4.69) is 34.4 Å². The van der Waals surface area contributed by atoms with Crippen molar-refractivity contribution in [3.63, 3.8) is 0 Å². The molecule has 1 fully saturated rings. The van der Waals surface area contributed by atoms with Crippen molar-refractivity contribution in [3.8, 4) is 0 Å². The van der Waals surface area contributed by atoms with Crippen LogP contribution in [-0.2, 0) is 12.7 Å². The zero-order chi connectivity index (χ0) is 18.4. The highest BCUT2D eigenvalue weighted by Crippen LogP contribution is 2.29. The molecule has 25 heavy (non-hydrogen) atoms. The van der Waals surface area contributed by atoms with Gasteiger partial charge in [-0.2, -0.15) is 13.2 Å². The highest BCUT2D eigenvalue weighted by Gasteiger charge is 2.30. The zero-order valence-corrected chi connectivity index (χ0v) is 15.0. The van der Waals surface area contributed by atoms with Crippen molar-refractivity contribution in [2.75, 3.05) is 26.7 Å². The number of benzene rings is 1. The van der Waals surface area contributed by atoms with Crippen molar-refractivity contribution in [3.05, 3.63) is 35.4 Å². The zero-order valence-electron chi connectivity index (χ0n) is 15.0. The quantitative estimate of drug-likeness (QED) is 0.629. The van der Waals surface area contributed by atoms with Crippen LogP contribution in [-0.4, -0.2) is 43.6 Å². The first kappa shape index (κ1) is 19.6. The number of halogens is 3. The minimum atomic E-state index is -4.28. The lowest BCUT2D eigenvalue weighted by molar-refractivity contribution is -0.137. The lowest BCUT2D eigenvalue weighted by Gasteiger charge is -2.19. The normalized spacial score (nSPS) is 19.5. The first-order chi connectivity index (χ1) is 11.8. The fraction of sp³-hybridized carbons (Fsp3) is 0.611. The van der Waals surface area contributed by atoms with Gasteiger partial charge >= 0.3 is 6.18 Å². The van der Waals surface area contributed by atoms with Gasteiger partial charge in [0.1, 0.15) is 0 Å². The van der Waals surface area contributed by atoms with Gasteiger partial charge in [-0.3, -0.25) is 9.89 Å². The molecule has 0 radical (unpaired) electrons. The minimum Gasteiger partial charge on any atom is -0.356 e. The maximum absolute atomic E-state index is 12.6. The van der Waals surface area contributed by atoms with Crippen LogP contribution < -0.4 is 10.6 Å². The molecule has 2 rings (SSSR count). The number of aliphatic imine (C=N–C) groups is 1. The molecule has 2 N–H and O–H groups in total. The van der Waals surface area contributed by atoms with Crippen LogP contribution in [0.2, 0.25) is 0 Å². The number of hydrogen-bond acceptors (Lipinski definition) is 2. The number of nitrogens with zero attached hydrogens (tertiary/aromatic N) is 2. The van der Waals surface area contributed by atoms with Crippen LogP contribution in [0, 0.1) is 5.92 Å². The molecule has 1 aromatic rings. The van der Waals surface area contributed by atoms with Gasteiger partial charge in [0.05, 0.1) is 5.56 Å². The monoisotopic (exact) mass is 356 g/mol. The van der Waals surface area contributed by atoms with Crippen molar-refractivity contribution in [2.45, 2.75) is 39.0 Å². The molecule has 1 heterocycles. The van der Waals surface area contributed by atoms with Crippen molar-refractivity contribution in [1.82, 2.24) is 15.5 Å². The van der Waals surface area contributed by atoms with Crippen molar-refractivity contribution in [1.29, 1.82) is 0 Å². The summed E-state index contributed by atoms with van der Waals surface area (Å²) in [6.45, 7) is 7.57. The molecular formula is C18H27F3N4. The van der Waals surface area contributed by atoms with E-state index in [1.807, 2.05) is 0 Å². The van der Waals surface area contributed by atoms with Gasteiger partial charge in [-0.15, -0.1) is 0 Å². The minimum absolute atomic E-state index is 0.299. The largest absolute Gasteiger partial charge is 0.416 e. The molecule has 0 saturated carbocycles. The molecule has 1 aliphatic rings. The predicted octanol–water partition coefficient (Wildman–Crippen LogP) is 3.10. The molecule has 0 amide bonds. The molecule has 140 valence electrons. The third-order valence-corrected chi connectivity index (χ3v) is 4.20. The van der Waals surface area contributed by atoms with Gasteiger partial charge in [0.25, 0.3) is 0 Å². The van der Waals surface area contributed by atoms with Crippen LogP contribution in [0.25, 0.3) is 0 Å². The van der Waals surface area contributed by atoms with Crippen LogP contribution in [0.4, 0.5) is 13.2 Å². The molecule has 0 aliphatic carbocycles. The second-order valence-corrected chi connectivity index (χ2v) is 6.91. The summed E-state index contributed by atoms with van der Waals surface area (Å²) in [6, 6.07) is 5.73. The molecule has 0 spiro atoms. The first-order valence-electron chi connectivity index (χ1n) is 8.63. The fourth-order valence-electron chi connectivity index (χ4n) is 2.84. The maximum Gasteiger partial charge on any atom is 0.416 e. The van der Waals surface area contributed by atoms with Crippen molar-refractivity contribution >= 4 is 5.96 Å². The molecule has 1 unspecified atom stereocenters. The van der Waals surface area contributed by atoms with Gasteiger partial charge in [-0.25, -0.2) is 0 Å². The average molecular weight is 356 g/mol. The Kier molecular flexibility index (Phi) is 6.70. The van der Waals surface area contributed by atoms with E-state index in [-0.39, 0.29) is 0 Å². The van der Waals surface area contributed by atoms with Crippen molar-refractivity contribution < 1.29 is 13.2 Å². The van der Waals surface area contributed by atoms with Crippen LogP contribution in [0.15, 0.2) is 29.3 Å². The van der Waals surface area contributed by atoms with Gasteiger partial charge in [0, 0.05) is 39.3 Å². The van der Waals surface area contributed by atoms with Crippen LogP contribution >= 0.6 is 0 Å². The van der Waals surface area contributed by atoms with E-state index in [9.17, 15) is 13.2 Å². The molecule has 0 bridgehead atoms. The molecule has 7 heteroatoms. The molecule has 1 aromatic carbocycles. The predicted molar refractivity (Wildman–Crippen MR) is 94.5 cm³/mol. The summed E-state index contributed by atoms with van der Waals surface area (Å²) in [5.41, 5.74) is 0.299. The summed E-state index contributed by atoms with van der Waals surface area (Å²) >= 11 is 0. The standard InChI is InChI=1S/C18H27F3N4/c1-13(2)10-23-17(22-3)24-16-8-9-25(12-16)11-14-4-6-15(7-5-14)18(19,20)21/h4-7,13,16H,8-12H2,1-3H3,(H2,22,23,24). The lowest BCUT2D eigenvalue weighted by Crippen LogP contribution is -2.45. The van der Waals surface area contributed by atoms with E-state index in [0.29, 0.717) is 18.5 Å². The van der Waals surface area contributed by atoms with Gasteiger partial charge in [0.2, 0.25) is 0 Å². The summed E-state index contributed by atoms with van der Waals surface area (Å²) in [5, 5.41) is 6.71. The Bertz CT molecular complexity index is 567. The SMILES string of the molecule is CN=C(NCC(C)C)NC1CCN(Cc2ccc(C(F)(F)F)cc2)C1. The molecule has 4 nitrogen and oxygen atoms in total. The number of alkyl halides is 3. The third-order valence-electron chi connectivity index (χ3n) is 4.20. The van der Waals surface area contributed by atoms with Gasteiger partial charge in [0.15, 0.2) is 5.96 Å². The van der Waals surface area contributed by atoms with Crippen molar-refractivity contribution in [2.24, 2.45) is 10.9 Å². The lowest BCUT2D eigenvalue weighted by atomic mass is 10.1. The Morgan fingerprint density at radius 3 is 2.52 bits per heavy atom. The Hall–Kier alpha value is -1.76. The van der Waals surface area contributed by atoms with Crippen LogP contribution in [0.5, 0.6) is 0 Å². The second-order valence-electron chi connectivity index (χ2n) is 6.91. The average Bonchev–Trinajstić information content (AvgIpc) is 2.98. The topological polar surface area (TPSA) is 39.7 Å². The highest BCUT2D eigenvalue weighted by molar-refractivity contribution is 5.80. The number of hydrogen-bond donors (Lipinski definition) is 2. The maximum atomic E-state index is 12.6. The molecule has 0 aromatic heterocycles. The summed E-state index contributed by atoms with van der Waals surface area (Å²) < 4.78 is 37.8. The number of likely N-dealkylation sites (tertiary alicyclic amines) is 1. The summed E-state index contributed by atoms with van der Waals surface area (Å²) in [7, 11) is 1.75. The Morgan fingerprint density at radius 1 is 1.28 bits per heavy atom. The number of nitrogens with one attached hydrogen (secondary N) is 2. The Labute approximate surface area is 147 Å². The highest BCUT2D eigenvalue weighted by atomic mass is 19.4. The van der Waals surface area contributed by atoms with Gasteiger partial charge < -0.3 is 10.6 Å². The van der Waals surface area contributed by atoms with E-state index in [1.54, 1.807) is 19.2 Å². The van der Waals surface area contributed by atoms with E-state index in [4.69, 9.17) is 0 Å². The molecule has 1 atom stereocenters. The molecule has 1 saturated heterocycles. The van der Waals surface area contributed by atoms with E-state index in [0.717, 1.165) is 49.7 Å². The molecule has 1 aliphatic heterocycles. The number of guanidine groups is 1. The van der Waals surface area contributed by atoms with Crippen LogP contribution in [0.1, 0.15) is 31.4 Å². The van der Waals surface area contributed by atoms with Gasteiger partial charge in [-0.1, -0.05) is 26.0 Å². The van der Waals surface area contributed by atoms with E-state index < -0.39 is 11.7 Å². The van der Waals surface area contributed by atoms with E-state index in [1.165, 1.54) is 0 Å². The van der Waals surface area contributed by atoms with Gasteiger partial charge in [-0.05, 0) is 30.0 Å². The Balaban J connectivity index is 1.82. The smallest absolute Gasteiger partial charge is 0.356 e. The Morgan fingerprint density at radius 2 is 1.96 bits per heavy atom. The summed E-state index contributed by atoms with van der Waals surface area (Å²) in [5.74, 6) is 1.34. The molecular weight excluding hydrogens is 329 g/mol.